The van der Waals surface area contributed by atoms with E-state index < -0.39 is 0 Å². The van der Waals surface area contributed by atoms with Gasteiger partial charge in [-0.1, -0.05) is 73.2 Å². The standard InChI is InChI=1S/C31H35NO4/c1-35-30-17-16-23(20-31(30)36-2)18-19-32-26(21-28(33)24-10-5-3-6-11-24)14-9-15-27(32)22-29(34)25-12-7-4-8-13-25/h3-8,10-13,16-17,20,26-27H,9,14-15,18-19,21-22H2,1-2H3. The first kappa shape index (κ1) is 25.6. The van der Waals surface area contributed by atoms with Gasteiger partial charge in [0.25, 0.3) is 0 Å². The smallest absolute Gasteiger partial charge is 0.164 e. The summed E-state index contributed by atoms with van der Waals surface area (Å²) in [5, 5.41) is 0. The fraction of sp³-hybridized carbons (Fsp3) is 0.355. The van der Waals surface area contributed by atoms with E-state index in [0.717, 1.165) is 48.9 Å². The third-order valence-electron chi connectivity index (χ3n) is 7.15. The molecule has 4 rings (SSSR count). The Kier molecular flexibility index (Phi) is 8.90. The number of Topliss-reactive ketones (excluding diaryl/α,β-unsaturated/α-hetero) is 2. The van der Waals surface area contributed by atoms with Crippen LogP contribution in [0.15, 0.2) is 78.9 Å². The number of carbonyl (C=O) groups is 2. The molecule has 0 bridgehead atoms. The van der Waals surface area contributed by atoms with E-state index in [4.69, 9.17) is 9.47 Å². The summed E-state index contributed by atoms with van der Waals surface area (Å²) in [6.07, 6.45) is 4.66. The van der Waals surface area contributed by atoms with Crippen LogP contribution in [0.3, 0.4) is 0 Å². The van der Waals surface area contributed by atoms with Gasteiger partial charge in [-0.05, 0) is 37.0 Å². The molecule has 3 aromatic carbocycles. The van der Waals surface area contributed by atoms with Crippen molar-refractivity contribution in [3.8, 4) is 11.5 Å². The number of ketones is 2. The van der Waals surface area contributed by atoms with Crippen LogP contribution in [0.1, 0.15) is 58.4 Å². The van der Waals surface area contributed by atoms with Gasteiger partial charge in [-0.25, -0.2) is 0 Å². The average molecular weight is 486 g/mol. The summed E-state index contributed by atoms with van der Waals surface area (Å²) in [7, 11) is 3.27. The molecule has 1 heterocycles. The number of hydrogen-bond donors (Lipinski definition) is 0. The van der Waals surface area contributed by atoms with E-state index in [9.17, 15) is 9.59 Å². The highest BCUT2D eigenvalue weighted by molar-refractivity contribution is 5.97. The molecule has 1 fully saturated rings. The van der Waals surface area contributed by atoms with Crippen LogP contribution in [0, 0.1) is 0 Å². The highest BCUT2D eigenvalue weighted by Crippen LogP contribution is 2.31. The second kappa shape index (κ2) is 12.5. The first-order chi connectivity index (χ1) is 17.6. The Bertz CT molecular complexity index is 1080. The molecule has 3 aromatic rings. The number of hydrogen-bond acceptors (Lipinski definition) is 5. The zero-order valence-corrected chi connectivity index (χ0v) is 21.2. The van der Waals surface area contributed by atoms with Crippen molar-refractivity contribution in [2.45, 2.75) is 50.6 Å². The Balaban J connectivity index is 1.53. The normalized spacial score (nSPS) is 17.9. The van der Waals surface area contributed by atoms with E-state index in [-0.39, 0.29) is 23.7 Å². The maximum absolute atomic E-state index is 13.1. The summed E-state index contributed by atoms with van der Waals surface area (Å²) in [6, 6.07) is 25.2. The van der Waals surface area contributed by atoms with Crippen molar-refractivity contribution >= 4 is 11.6 Å². The molecule has 1 saturated heterocycles. The predicted molar refractivity (Wildman–Crippen MR) is 142 cm³/mol. The van der Waals surface area contributed by atoms with Gasteiger partial charge in [-0.3, -0.25) is 14.5 Å². The van der Waals surface area contributed by atoms with Gasteiger partial charge in [0.15, 0.2) is 23.1 Å². The van der Waals surface area contributed by atoms with E-state index in [1.165, 1.54) is 0 Å². The highest BCUT2D eigenvalue weighted by atomic mass is 16.5. The molecule has 1 aliphatic heterocycles. The van der Waals surface area contributed by atoms with E-state index >= 15 is 0 Å². The van der Waals surface area contributed by atoms with Crippen LogP contribution in [0.5, 0.6) is 11.5 Å². The second-order valence-electron chi connectivity index (χ2n) is 9.40. The molecule has 1 aliphatic rings. The summed E-state index contributed by atoms with van der Waals surface area (Å²) >= 11 is 0. The van der Waals surface area contributed by atoms with Gasteiger partial charge in [0.2, 0.25) is 0 Å². The number of ether oxygens (including phenoxy) is 2. The van der Waals surface area contributed by atoms with Crippen LogP contribution in [-0.2, 0) is 6.42 Å². The molecule has 0 radical (unpaired) electrons. The Labute approximate surface area is 214 Å². The lowest BCUT2D eigenvalue weighted by Gasteiger charge is -2.42. The van der Waals surface area contributed by atoms with Gasteiger partial charge < -0.3 is 9.47 Å². The first-order valence-corrected chi connectivity index (χ1v) is 12.7. The lowest BCUT2D eigenvalue weighted by Crippen LogP contribution is -2.49. The summed E-state index contributed by atoms with van der Waals surface area (Å²) in [5.41, 5.74) is 2.64. The molecule has 188 valence electrons. The van der Waals surface area contributed by atoms with Crippen LogP contribution in [-0.4, -0.2) is 49.3 Å². The molecule has 2 unspecified atom stereocenters. The molecule has 0 spiro atoms. The Morgan fingerprint density at radius 1 is 0.750 bits per heavy atom. The topological polar surface area (TPSA) is 55.8 Å². The highest BCUT2D eigenvalue weighted by Gasteiger charge is 2.33. The minimum Gasteiger partial charge on any atom is -0.493 e. The van der Waals surface area contributed by atoms with E-state index in [2.05, 4.69) is 11.0 Å². The fourth-order valence-corrected chi connectivity index (χ4v) is 5.23. The van der Waals surface area contributed by atoms with Gasteiger partial charge in [-0.2, -0.15) is 0 Å². The number of methoxy groups -OCH3 is 2. The Hall–Kier alpha value is -3.44. The molecule has 5 nitrogen and oxygen atoms in total. The number of likely N-dealkylation sites (tertiary alicyclic amines) is 1. The van der Waals surface area contributed by atoms with Crippen LogP contribution in [0.25, 0.3) is 0 Å². The van der Waals surface area contributed by atoms with Gasteiger partial charge in [0.1, 0.15) is 0 Å². The molecule has 2 atom stereocenters. The van der Waals surface area contributed by atoms with E-state index in [1.807, 2.05) is 72.8 Å². The molecule has 0 saturated carbocycles. The molecular weight excluding hydrogens is 450 g/mol. The largest absolute Gasteiger partial charge is 0.493 e. The Morgan fingerprint density at radius 2 is 1.28 bits per heavy atom. The number of rotatable bonds is 11. The lowest BCUT2D eigenvalue weighted by molar-refractivity contribution is 0.0596. The van der Waals surface area contributed by atoms with Crippen LogP contribution in [0.4, 0.5) is 0 Å². The number of benzene rings is 3. The molecule has 0 amide bonds. The quantitative estimate of drug-likeness (QED) is 0.311. The maximum atomic E-state index is 13.1. The number of carbonyl (C=O) groups excluding carboxylic acids is 2. The van der Waals surface area contributed by atoms with Crippen molar-refractivity contribution in [1.82, 2.24) is 4.90 Å². The number of piperidine rings is 1. The molecule has 0 aliphatic carbocycles. The van der Waals surface area contributed by atoms with Crippen molar-refractivity contribution < 1.29 is 19.1 Å². The maximum Gasteiger partial charge on any atom is 0.164 e. The molecule has 0 aromatic heterocycles. The van der Waals surface area contributed by atoms with Gasteiger partial charge >= 0.3 is 0 Å². The minimum absolute atomic E-state index is 0.111. The average Bonchev–Trinajstić information content (AvgIpc) is 2.93. The van der Waals surface area contributed by atoms with Crippen LogP contribution < -0.4 is 9.47 Å². The number of nitrogens with zero attached hydrogens (tertiary/aromatic N) is 1. The lowest BCUT2D eigenvalue weighted by atomic mass is 9.87. The van der Waals surface area contributed by atoms with Crippen molar-refractivity contribution in [2.24, 2.45) is 0 Å². The minimum atomic E-state index is 0.111. The second-order valence-corrected chi connectivity index (χ2v) is 9.40. The molecular formula is C31H35NO4. The Morgan fingerprint density at radius 3 is 1.78 bits per heavy atom. The van der Waals surface area contributed by atoms with Crippen LogP contribution >= 0.6 is 0 Å². The fourth-order valence-electron chi connectivity index (χ4n) is 5.23. The van der Waals surface area contributed by atoms with Gasteiger partial charge in [-0.15, -0.1) is 0 Å². The monoisotopic (exact) mass is 485 g/mol. The van der Waals surface area contributed by atoms with Gasteiger partial charge in [0.05, 0.1) is 14.2 Å². The van der Waals surface area contributed by atoms with Crippen molar-refractivity contribution in [1.29, 1.82) is 0 Å². The molecule has 0 N–H and O–H groups in total. The van der Waals surface area contributed by atoms with Crippen molar-refractivity contribution in [3.05, 3.63) is 95.6 Å². The third kappa shape index (κ3) is 6.41. The first-order valence-electron chi connectivity index (χ1n) is 12.7. The van der Waals surface area contributed by atoms with E-state index in [0.29, 0.717) is 24.3 Å². The van der Waals surface area contributed by atoms with Crippen molar-refractivity contribution in [3.63, 3.8) is 0 Å². The van der Waals surface area contributed by atoms with Gasteiger partial charge in [0, 0.05) is 42.6 Å². The summed E-state index contributed by atoms with van der Waals surface area (Å²) in [5.74, 6) is 1.73. The summed E-state index contributed by atoms with van der Waals surface area (Å²) in [4.78, 5) is 28.6. The summed E-state index contributed by atoms with van der Waals surface area (Å²) in [6.45, 7) is 0.773. The molecule has 36 heavy (non-hydrogen) atoms. The van der Waals surface area contributed by atoms with Crippen molar-refractivity contribution in [2.75, 3.05) is 20.8 Å². The molecule has 5 heteroatoms. The predicted octanol–water partition coefficient (Wildman–Crippen LogP) is 6.02. The van der Waals surface area contributed by atoms with Crippen LogP contribution in [0.2, 0.25) is 0 Å². The van der Waals surface area contributed by atoms with E-state index in [1.54, 1.807) is 14.2 Å². The zero-order valence-electron chi connectivity index (χ0n) is 21.2. The zero-order chi connectivity index (χ0) is 25.3. The third-order valence-corrected chi connectivity index (χ3v) is 7.15. The summed E-state index contributed by atoms with van der Waals surface area (Å²) < 4.78 is 10.9. The SMILES string of the molecule is COc1ccc(CCN2C(CC(=O)c3ccccc3)CCCC2CC(=O)c2ccccc2)cc1OC.